The number of hydrogen-bond acceptors (Lipinski definition) is 6. The predicted octanol–water partition coefficient (Wildman–Crippen LogP) is 4.16. The van der Waals surface area contributed by atoms with Crippen LogP contribution < -0.4 is 5.32 Å². The molecule has 3 atom stereocenters. The molecule has 0 aliphatic carbocycles. The molecule has 1 saturated heterocycles. The molecule has 15 heteroatoms. The molecule has 1 amide bonds. The average molecular weight is 576 g/mol. The molecule has 0 bridgehead atoms. The van der Waals surface area contributed by atoms with Crippen LogP contribution in [0.25, 0.3) is 11.3 Å². The van der Waals surface area contributed by atoms with Gasteiger partial charge in [-0.1, -0.05) is 11.6 Å². The fourth-order valence-corrected chi connectivity index (χ4v) is 6.05. The number of alkyl halides is 4. The Balaban J connectivity index is 1.53. The Kier molecular flexibility index (Phi) is 7.68. The van der Waals surface area contributed by atoms with Crippen LogP contribution in [0.2, 0.25) is 5.15 Å². The summed E-state index contributed by atoms with van der Waals surface area (Å²) in [5.74, 6) is -2.77. The molecular formula is C23H19ClF5N5O3S. The summed E-state index contributed by atoms with van der Waals surface area (Å²) in [7, 11) is -4.34. The smallest absolute Gasteiger partial charge is 0.351 e. The third-order valence-corrected chi connectivity index (χ3v) is 8.10. The van der Waals surface area contributed by atoms with Gasteiger partial charge in [-0.3, -0.25) is 4.79 Å². The summed E-state index contributed by atoms with van der Waals surface area (Å²) in [4.78, 5) is 23.3. The summed E-state index contributed by atoms with van der Waals surface area (Å²) in [6.45, 7) is 1.15. The third kappa shape index (κ3) is 5.76. The maximum atomic E-state index is 14.6. The number of benzene rings is 1. The van der Waals surface area contributed by atoms with Crippen LogP contribution in [0.4, 0.5) is 22.0 Å². The number of nitrogens with zero attached hydrogens (tertiary/aromatic N) is 4. The van der Waals surface area contributed by atoms with Crippen LogP contribution >= 0.6 is 11.6 Å². The minimum absolute atomic E-state index is 0.0366. The molecule has 8 nitrogen and oxygen atoms in total. The topological polar surface area (TPSA) is 105 Å². The Bertz CT molecular complexity index is 1440. The number of pyridine rings is 1. The maximum absolute atomic E-state index is 14.6. The van der Waals surface area contributed by atoms with E-state index in [2.05, 4.69) is 20.3 Å². The second-order valence-electron chi connectivity index (χ2n) is 8.49. The van der Waals surface area contributed by atoms with E-state index >= 15 is 0 Å². The Hall–Kier alpha value is -3.23. The molecule has 1 fully saturated rings. The van der Waals surface area contributed by atoms with Crippen molar-refractivity contribution < 1.29 is 35.2 Å². The zero-order chi connectivity index (χ0) is 27.8. The van der Waals surface area contributed by atoms with Crippen LogP contribution in [0, 0.1) is 5.82 Å². The molecule has 0 radical (unpaired) electrons. The minimum atomic E-state index is -4.72. The number of sulfonamides is 1. The van der Waals surface area contributed by atoms with E-state index in [9.17, 15) is 35.2 Å². The first kappa shape index (κ1) is 27.8. The van der Waals surface area contributed by atoms with Gasteiger partial charge in [0, 0.05) is 30.9 Å². The van der Waals surface area contributed by atoms with Crippen LogP contribution in [-0.2, 0) is 27.5 Å². The van der Waals surface area contributed by atoms with Gasteiger partial charge in [0.05, 0.1) is 16.6 Å². The van der Waals surface area contributed by atoms with Crippen molar-refractivity contribution in [2.45, 2.75) is 49.2 Å². The molecule has 0 spiro atoms. The standard InChI is InChI=1S/C23H19ClF5N5O3S/c1-12-17(26)8-19(34(12)38(36,37)16-4-2-15(25)3-5-16)21(35)30-9-13-6-18(33-20(24)7-13)14-10-31-22(32-11-14)23(27,28)29/h2-7,10-12,17,19H,8-9H2,1H3,(H,30,35). The first-order valence-corrected chi connectivity index (χ1v) is 12.9. The summed E-state index contributed by atoms with van der Waals surface area (Å²) in [6.07, 6.45) is -4.88. The highest BCUT2D eigenvalue weighted by Gasteiger charge is 2.49. The van der Waals surface area contributed by atoms with Crippen molar-refractivity contribution in [3.8, 4) is 11.3 Å². The van der Waals surface area contributed by atoms with E-state index in [0.29, 0.717) is 5.56 Å². The first-order chi connectivity index (χ1) is 17.8. The van der Waals surface area contributed by atoms with E-state index < -0.39 is 58.4 Å². The SMILES string of the molecule is CC1C(F)CC(C(=O)NCc2cc(Cl)nc(-c3cnc(C(F)(F)F)nc3)c2)N1S(=O)(=O)c1ccc(F)cc1. The molecule has 3 aromatic rings. The monoisotopic (exact) mass is 575 g/mol. The van der Waals surface area contributed by atoms with Crippen molar-refractivity contribution in [1.29, 1.82) is 0 Å². The Morgan fingerprint density at radius 3 is 2.39 bits per heavy atom. The van der Waals surface area contributed by atoms with Gasteiger partial charge in [0.1, 0.15) is 23.2 Å². The maximum Gasteiger partial charge on any atom is 0.451 e. The molecule has 3 unspecified atom stereocenters. The number of amides is 1. The van der Waals surface area contributed by atoms with E-state index in [1.807, 2.05) is 0 Å². The van der Waals surface area contributed by atoms with Crippen LogP contribution in [0.5, 0.6) is 0 Å². The van der Waals surface area contributed by atoms with Crippen molar-refractivity contribution in [2.24, 2.45) is 0 Å². The lowest BCUT2D eigenvalue weighted by Gasteiger charge is -2.27. The molecule has 1 aliphatic rings. The highest BCUT2D eigenvalue weighted by molar-refractivity contribution is 7.89. The van der Waals surface area contributed by atoms with Gasteiger partial charge in [0.25, 0.3) is 0 Å². The summed E-state index contributed by atoms with van der Waals surface area (Å²) in [5.41, 5.74) is 0.646. The Morgan fingerprint density at radius 2 is 1.79 bits per heavy atom. The highest BCUT2D eigenvalue weighted by atomic mass is 35.5. The lowest BCUT2D eigenvalue weighted by atomic mass is 10.1. The number of rotatable bonds is 6. The van der Waals surface area contributed by atoms with Crippen LogP contribution in [0.15, 0.2) is 53.7 Å². The second-order valence-corrected chi connectivity index (χ2v) is 10.7. The Morgan fingerprint density at radius 1 is 1.16 bits per heavy atom. The molecule has 0 saturated carbocycles. The number of carbonyl (C=O) groups is 1. The van der Waals surface area contributed by atoms with E-state index in [1.54, 1.807) is 0 Å². The van der Waals surface area contributed by atoms with Crippen molar-refractivity contribution in [1.82, 2.24) is 24.6 Å². The van der Waals surface area contributed by atoms with E-state index in [-0.39, 0.29) is 27.9 Å². The van der Waals surface area contributed by atoms with E-state index in [1.165, 1.54) is 19.1 Å². The van der Waals surface area contributed by atoms with Crippen LogP contribution in [0.3, 0.4) is 0 Å². The number of halogens is 6. The fourth-order valence-electron chi connectivity index (χ4n) is 4.01. The molecule has 3 heterocycles. The van der Waals surface area contributed by atoms with Gasteiger partial charge < -0.3 is 5.32 Å². The molecule has 1 N–H and O–H groups in total. The van der Waals surface area contributed by atoms with Gasteiger partial charge in [-0.05, 0) is 48.9 Å². The molecule has 202 valence electrons. The fraction of sp³-hybridized carbons (Fsp3) is 0.304. The normalized spacial score (nSPS) is 20.4. The quantitative estimate of drug-likeness (QED) is 0.350. The van der Waals surface area contributed by atoms with Crippen molar-refractivity contribution >= 4 is 27.5 Å². The molecule has 1 aromatic carbocycles. The number of aromatic nitrogens is 3. The van der Waals surface area contributed by atoms with Gasteiger partial charge in [-0.15, -0.1) is 0 Å². The van der Waals surface area contributed by atoms with Crippen LogP contribution in [-0.4, -0.2) is 51.8 Å². The lowest BCUT2D eigenvalue weighted by Crippen LogP contribution is -2.48. The molecule has 38 heavy (non-hydrogen) atoms. The van der Waals surface area contributed by atoms with Gasteiger partial charge in [0.2, 0.25) is 21.8 Å². The largest absolute Gasteiger partial charge is 0.451 e. The number of hydrogen-bond donors (Lipinski definition) is 1. The average Bonchev–Trinajstić information content (AvgIpc) is 3.17. The Labute approximate surface area is 218 Å². The molecular weight excluding hydrogens is 557 g/mol. The van der Waals surface area contributed by atoms with Crippen molar-refractivity contribution in [2.75, 3.05) is 0 Å². The van der Waals surface area contributed by atoms with E-state index in [4.69, 9.17) is 11.6 Å². The van der Waals surface area contributed by atoms with Gasteiger partial charge in [-0.25, -0.2) is 32.2 Å². The van der Waals surface area contributed by atoms with Crippen LogP contribution in [0.1, 0.15) is 24.7 Å². The summed E-state index contributed by atoms with van der Waals surface area (Å²) in [5, 5.41) is 2.50. The number of carbonyl (C=O) groups excluding carboxylic acids is 1. The third-order valence-electron chi connectivity index (χ3n) is 5.89. The summed E-state index contributed by atoms with van der Waals surface area (Å²) < 4.78 is 93.2. The predicted molar refractivity (Wildman–Crippen MR) is 125 cm³/mol. The lowest BCUT2D eigenvalue weighted by molar-refractivity contribution is -0.145. The van der Waals surface area contributed by atoms with Gasteiger partial charge in [0.15, 0.2) is 0 Å². The zero-order valence-corrected chi connectivity index (χ0v) is 21.0. The summed E-state index contributed by atoms with van der Waals surface area (Å²) >= 11 is 6.04. The molecule has 4 rings (SSSR count). The highest BCUT2D eigenvalue weighted by Crippen LogP contribution is 2.33. The summed E-state index contributed by atoms with van der Waals surface area (Å²) in [6, 6.07) is 4.24. The van der Waals surface area contributed by atoms with E-state index in [0.717, 1.165) is 41.0 Å². The van der Waals surface area contributed by atoms with Crippen molar-refractivity contribution in [3.05, 3.63) is 71.2 Å². The minimum Gasteiger partial charge on any atom is -0.351 e. The zero-order valence-electron chi connectivity index (χ0n) is 19.5. The second kappa shape index (κ2) is 10.5. The number of nitrogens with one attached hydrogen (secondary N) is 1. The van der Waals surface area contributed by atoms with Gasteiger partial charge >= 0.3 is 6.18 Å². The first-order valence-electron chi connectivity index (χ1n) is 11.0. The molecule has 1 aliphatic heterocycles. The van der Waals surface area contributed by atoms with Gasteiger partial charge in [-0.2, -0.15) is 17.5 Å². The molecule has 2 aromatic heterocycles. The van der Waals surface area contributed by atoms with Crippen molar-refractivity contribution in [3.63, 3.8) is 0 Å².